The highest BCUT2D eigenvalue weighted by Gasteiger charge is 2.15. The van der Waals surface area contributed by atoms with E-state index in [1.807, 2.05) is 46.8 Å². The van der Waals surface area contributed by atoms with Crippen LogP contribution in [0.15, 0.2) is 16.7 Å². The number of hydrogen-bond donors (Lipinski definition) is 1. The van der Waals surface area contributed by atoms with E-state index in [1.165, 1.54) is 0 Å². The highest BCUT2D eigenvalue weighted by Crippen LogP contribution is 2.30. The first-order chi connectivity index (χ1) is 9.38. The third kappa shape index (κ3) is 2.99. The Labute approximate surface area is 119 Å². The van der Waals surface area contributed by atoms with Gasteiger partial charge in [-0.25, -0.2) is 0 Å². The van der Waals surface area contributed by atoms with Gasteiger partial charge in [0.1, 0.15) is 5.75 Å². The molecule has 0 aliphatic heterocycles. The average Bonchev–Trinajstić information content (AvgIpc) is 2.83. The topological polar surface area (TPSA) is 74.2 Å². The summed E-state index contributed by atoms with van der Waals surface area (Å²) in [6, 6.07) is 3.74. The van der Waals surface area contributed by atoms with Gasteiger partial charge in [-0.15, -0.1) is 0 Å². The standard InChI is InChI=1S/C15H21N3O2/c1-8(2)19-13-9(3)6-12(7-10(13)4)14-17-15(11(5)16)20-18-14/h6-8,11H,16H2,1-5H3/t11-/m1/s1. The SMILES string of the molecule is Cc1cc(-c2noc([C@@H](C)N)n2)cc(C)c1OC(C)C. The van der Waals surface area contributed by atoms with Crippen molar-refractivity contribution >= 4 is 0 Å². The van der Waals surface area contributed by atoms with Crippen molar-refractivity contribution < 1.29 is 9.26 Å². The van der Waals surface area contributed by atoms with Crippen molar-refractivity contribution in [2.75, 3.05) is 0 Å². The van der Waals surface area contributed by atoms with Crippen LogP contribution in [0.3, 0.4) is 0 Å². The third-order valence-electron chi connectivity index (χ3n) is 2.90. The van der Waals surface area contributed by atoms with Crippen LogP contribution < -0.4 is 10.5 Å². The summed E-state index contributed by atoms with van der Waals surface area (Å²) in [6.07, 6.45) is 0.146. The van der Waals surface area contributed by atoms with Crippen LogP contribution in [0.25, 0.3) is 11.4 Å². The zero-order chi connectivity index (χ0) is 14.9. The number of nitrogens with zero attached hydrogens (tertiary/aromatic N) is 2. The summed E-state index contributed by atoms with van der Waals surface area (Å²) in [7, 11) is 0. The quantitative estimate of drug-likeness (QED) is 0.927. The number of aromatic nitrogens is 2. The van der Waals surface area contributed by atoms with E-state index in [1.54, 1.807) is 0 Å². The predicted octanol–water partition coefficient (Wildman–Crippen LogP) is 3.16. The van der Waals surface area contributed by atoms with Crippen LogP contribution in [0.1, 0.15) is 43.8 Å². The fourth-order valence-corrected chi connectivity index (χ4v) is 2.04. The highest BCUT2D eigenvalue weighted by molar-refractivity contribution is 5.61. The fraction of sp³-hybridized carbons (Fsp3) is 0.467. The van der Waals surface area contributed by atoms with Gasteiger partial charge in [-0.05, 0) is 57.9 Å². The third-order valence-corrected chi connectivity index (χ3v) is 2.90. The van der Waals surface area contributed by atoms with E-state index in [0.717, 1.165) is 22.4 Å². The molecular weight excluding hydrogens is 254 g/mol. The molecule has 1 heterocycles. The monoisotopic (exact) mass is 275 g/mol. The molecule has 5 nitrogen and oxygen atoms in total. The van der Waals surface area contributed by atoms with E-state index in [4.69, 9.17) is 15.0 Å². The Bertz CT molecular complexity index is 580. The second kappa shape index (κ2) is 5.63. The summed E-state index contributed by atoms with van der Waals surface area (Å²) in [6.45, 7) is 9.87. The van der Waals surface area contributed by atoms with Gasteiger partial charge in [0.05, 0.1) is 12.1 Å². The molecule has 2 rings (SSSR count). The molecule has 1 aromatic heterocycles. The normalized spacial score (nSPS) is 12.8. The van der Waals surface area contributed by atoms with Gasteiger partial charge >= 0.3 is 0 Å². The highest BCUT2D eigenvalue weighted by atomic mass is 16.5. The molecule has 1 atom stereocenters. The number of aryl methyl sites for hydroxylation is 2. The molecule has 0 aliphatic carbocycles. The molecule has 108 valence electrons. The molecule has 2 N–H and O–H groups in total. The van der Waals surface area contributed by atoms with Gasteiger partial charge in [-0.2, -0.15) is 4.98 Å². The fourth-order valence-electron chi connectivity index (χ4n) is 2.04. The van der Waals surface area contributed by atoms with Crippen LogP contribution >= 0.6 is 0 Å². The van der Waals surface area contributed by atoms with Crippen LogP contribution in [-0.4, -0.2) is 16.2 Å². The van der Waals surface area contributed by atoms with Crippen LogP contribution in [-0.2, 0) is 0 Å². The lowest BCUT2D eigenvalue weighted by Crippen LogP contribution is -2.08. The van der Waals surface area contributed by atoms with Crippen LogP contribution in [0.5, 0.6) is 5.75 Å². The minimum atomic E-state index is -0.262. The van der Waals surface area contributed by atoms with E-state index in [9.17, 15) is 0 Å². The van der Waals surface area contributed by atoms with Gasteiger partial charge in [-0.3, -0.25) is 0 Å². The maximum absolute atomic E-state index is 5.83. The predicted molar refractivity (Wildman–Crippen MR) is 77.6 cm³/mol. The first kappa shape index (κ1) is 14.5. The van der Waals surface area contributed by atoms with Crippen molar-refractivity contribution in [3.63, 3.8) is 0 Å². The smallest absolute Gasteiger partial charge is 0.243 e. The van der Waals surface area contributed by atoms with Crippen LogP contribution in [0.4, 0.5) is 0 Å². The number of benzene rings is 1. The Morgan fingerprint density at radius 1 is 1.15 bits per heavy atom. The van der Waals surface area contributed by atoms with Crippen LogP contribution in [0.2, 0.25) is 0 Å². The van der Waals surface area contributed by atoms with Gasteiger partial charge in [0.15, 0.2) is 0 Å². The molecule has 1 aromatic carbocycles. The van der Waals surface area contributed by atoms with E-state index >= 15 is 0 Å². The molecule has 0 fully saturated rings. The molecule has 0 saturated heterocycles. The molecule has 0 bridgehead atoms. The van der Waals surface area contributed by atoms with Crippen molar-refractivity contribution in [2.45, 2.75) is 46.8 Å². The largest absolute Gasteiger partial charge is 0.490 e. The summed E-state index contributed by atoms with van der Waals surface area (Å²) in [5.41, 5.74) is 8.75. The Kier molecular flexibility index (Phi) is 4.09. The van der Waals surface area contributed by atoms with E-state index in [2.05, 4.69) is 10.1 Å². The Morgan fingerprint density at radius 2 is 1.75 bits per heavy atom. The van der Waals surface area contributed by atoms with Gasteiger partial charge in [0.2, 0.25) is 11.7 Å². The van der Waals surface area contributed by atoms with Crippen molar-refractivity contribution in [3.05, 3.63) is 29.2 Å². The maximum atomic E-state index is 5.83. The van der Waals surface area contributed by atoms with Gasteiger partial charge in [0.25, 0.3) is 0 Å². The average molecular weight is 275 g/mol. The number of rotatable bonds is 4. The lowest BCUT2D eigenvalue weighted by molar-refractivity contribution is 0.239. The lowest BCUT2D eigenvalue weighted by Gasteiger charge is -2.15. The molecule has 2 aromatic rings. The Hall–Kier alpha value is -1.88. The second-order valence-electron chi connectivity index (χ2n) is 5.35. The summed E-state index contributed by atoms with van der Waals surface area (Å²) in [4.78, 5) is 4.31. The summed E-state index contributed by atoms with van der Waals surface area (Å²) >= 11 is 0. The number of hydrogen-bond acceptors (Lipinski definition) is 5. The van der Waals surface area contributed by atoms with E-state index < -0.39 is 0 Å². The molecule has 0 aliphatic rings. The minimum absolute atomic E-state index is 0.146. The van der Waals surface area contributed by atoms with E-state index in [0.29, 0.717) is 11.7 Å². The molecule has 0 saturated carbocycles. The van der Waals surface area contributed by atoms with Gasteiger partial charge in [-0.1, -0.05) is 5.16 Å². The molecule has 0 unspecified atom stereocenters. The summed E-state index contributed by atoms with van der Waals surface area (Å²) < 4.78 is 11.0. The summed E-state index contributed by atoms with van der Waals surface area (Å²) in [5.74, 6) is 1.91. The number of ether oxygens (including phenoxy) is 1. The Morgan fingerprint density at radius 3 is 2.20 bits per heavy atom. The molecule has 0 spiro atoms. The first-order valence-electron chi connectivity index (χ1n) is 6.76. The minimum Gasteiger partial charge on any atom is -0.490 e. The first-order valence-corrected chi connectivity index (χ1v) is 6.76. The molecule has 20 heavy (non-hydrogen) atoms. The van der Waals surface area contributed by atoms with E-state index in [-0.39, 0.29) is 12.1 Å². The lowest BCUT2D eigenvalue weighted by atomic mass is 10.1. The van der Waals surface area contributed by atoms with Gasteiger partial charge < -0.3 is 15.0 Å². The Balaban J connectivity index is 2.38. The molecule has 0 radical (unpaired) electrons. The maximum Gasteiger partial charge on any atom is 0.243 e. The van der Waals surface area contributed by atoms with Crippen molar-refractivity contribution in [2.24, 2.45) is 5.73 Å². The van der Waals surface area contributed by atoms with Crippen LogP contribution in [0, 0.1) is 13.8 Å². The zero-order valence-electron chi connectivity index (χ0n) is 12.6. The second-order valence-corrected chi connectivity index (χ2v) is 5.35. The van der Waals surface area contributed by atoms with Crippen molar-refractivity contribution in [3.8, 4) is 17.1 Å². The zero-order valence-corrected chi connectivity index (χ0v) is 12.6. The van der Waals surface area contributed by atoms with Crippen molar-refractivity contribution in [1.29, 1.82) is 0 Å². The van der Waals surface area contributed by atoms with Gasteiger partial charge in [0, 0.05) is 5.56 Å². The molecule has 5 heteroatoms. The van der Waals surface area contributed by atoms with Crippen molar-refractivity contribution in [1.82, 2.24) is 10.1 Å². The number of nitrogens with two attached hydrogens (primary N) is 1. The molecular formula is C15H21N3O2. The summed E-state index contributed by atoms with van der Waals surface area (Å²) in [5, 5.41) is 3.97. The molecule has 0 amide bonds.